The van der Waals surface area contributed by atoms with Gasteiger partial charge in [0, 0.05) is 43.7 Å². The first kappa shape index (κ1) is 16.2. The first-order valence-electron chi connectivity index (χ1n) is 8.21. The molecule has 2 heterocycles. The summed E-state index contributed by atoms with van der Waals surface area (Å²) in [5, 5.41) is 3.65. The molecule has 0 saturated carbocycles. The molecule has 0 bridgehead atoms. The maximum Gasteiger partial charge on any atom is 0.0546 e. The van der Waals surface area contributed by atoms with Crippen LogP contribution >= 0.6 is 0 Å². The van der Waals surface area contributed by atoms with Gasteiger partial charge in [0.25, 0.3) is 0 Å². The van der Waals surface area contributed by atoms with Crippen LogP contribution in [0.3, 0.4) is 0 Å². The van der Waals surface area contributed by atoms with E-state index in [1.807, 2.05) is 0 Å². The Labute approximate surface area is 124 Å². The number of hydrogen-bond acceptors (Lipinski definition) is 4. The van der Waals surface area contributed by atoms with E-state index in [2.05, 4.69) is 43.1 Å². The molecule has 4 heteroatoms. The Morgan fingerprint density at radius 3 is 2.75 bits per heavy atom. The molecule has 118 valence electrons. The van der Waals surface area contributed by atoms with Gasteiger partial charge in [-0.05, 0) is 39.9 Å². The Balaban J connectivity index is 1.90. The van der Waals surface area contributed by atoms with Crippen molar-refractivity contribution in [2.24, 2.45) is 5.41 Å². The zero-order chi connectivity index (χ0) is 14.6. The van der Waals surface area contributed by atoms with Crippen molar-refractivity contribution < 1.29 is 4.74 Å². The molecular formula is C16H33N3O. The van der Waals surface area contributed by atoms with Crippen molar-refractivity contribution in [1.29, 1.82) is 0 Å². The van der Waals surface area contributed by atoms with E-state index in [-0.39, 0.29) is 0 Å². The molecule has 2 atom stereocenters. The lowest BCUT2D eigenvalue weighted by Gasteiger charge is -2.40. The van der Waals surface area contributed by atoms with Gasteiger partial charge < -0.3 is 19.9 Å². The fourth-order valence-corrected chi connectivity index (χ4v) is 3.50. The van der Waals surface area contributed by atoms with E-state index >= 15 is 0 Å². The summed E-state index contributed by atoms with van der Waals surface area (Å²) in [6.45, 7) is 11.1. The predicted molar refractivity (Wildman–Crippen MR) is 84.2 cm³/mol. The van der Waals surface area contributed by atoms with Crippen LogP contribution in [0.25, 0.3) is 0 Å². The van der Waals surface area contributed by atoms with Crippen LogP contribution in [0, 0.1) is 5.41 Å². The minimum absolute atomic E-state index is 0.323. The zero-order valence-electron chi connectivity index (χ0n) is 13.8. The third kappa shape index (κ3) is 4.42. The lowest BCUT2D eigenvalue weighted by Crippen LogP contribution is -2.50. The van der Waals surface area contributed by atoms with Crippen LogP contribution in [0.2, 0.25) is 0 Å². The Morgan fingerprint density at radius 2 is 2.20 bits per heavy atom. The first-order chi connectivity index (χ1) is 9.51. The molecule has 1 N–H and O–H groups in total. The average molecular weight is 283 g/mol. The van der Waals surface area contributed by atoms with Gasteiger partial charge in [0.1, 0.15) is 0 Å². The summed E-state index contributed by atoms with van der Waals surface area (Å²) in [5.74, 6) is 0. The Morgan fingerprint density at radius 1 is 1.40 bits per heavy atom. The van der Waals surface area contributed by atoms with Gasteiger partial charge in [-0.3, -0.25) is 0 Å². The predicted octanol–water partition coefficient (Wildman–Crippen LogP) is 1.42. The van der Waals surface area contributed by atoms with Gasteiger partial charge >= 0.3 is 0 Å². The molecule has 2 fully saturated rings. The fraction of sp³-hybridized carbons (Fsp3) is 1.00. The monoisotopic (exact) mass is 283 g/mol. The summed E-state index contributed by atoms with van der Waals surface area (Å²) in [6, 6.07) is 1.29. The molecule has 20 heavy (non-hydrogen) atoms. The SMILES string of the molecule is CC(C)NCC1(CN2CCC(N(C)C)C2)CCCOC1. The first-order valence-corrected chi connectivity index (χ1v) is 8.21. The van der Waals surface area contributed by atoms with Crippen LogP contribution in [0.4, 0.5) is 0 Å². The average Bonchev–Trinajstić information content (AvgIpc) is 2.86. The number of likely N-dealkylation sites (tertiary alicyclic amines) is 1. The van der Waals surface area contributed by atoms with Gasteiger partial charge in [0.05, 0.1) is 6.61 Å². The molecule has 0 aliphatic carbocycles. The summed E-state index contributed by atoms with van der Waals surface area (Å²) in [5.41, 5.74) is 0.323. The highest BCUT2D eigenvalue weighted by Crippen LogP contribution is 2.31. The molecular weight excluding hydrogens is 250 g/mol. The molecule has 2 aliphatic heterocycles. The Bertz CT molecular complexity index is 287. The quantitative estimate of drug-likeness (QED) is 0.798. The lowest BCUT2D eigenvalue weighted by atomic mass is 9.81. The Kier molecular flexibility index (Phi) is 5.84. The second-order valence-corrected chi connectivity index (χ2v) is 7.33. The molecule has 2 saturated heterocycles. The molecule has 0 spiro atoms. The topological polar surface area (TPSA) is 27.7 Å². The highest BCUT2D eigenvalue weighted by molar-refractivity contribution is 4.91. The Hall–Kier alpha value is -0.160. The summed E-state index contributed by atoms with van der Waals surface area (Å²) in [7, 11) is 4.40. The van der Waals surface area contributed by atoms with Crippen molar-refractivity contribution in [1.82, 2.24) is 15.1 Å². The van der Waals surface area contributed by atoms with Gasteiger partial charge in [-0.2, -0.15) is 0 Å². The third-order valence-corrected chi connectivity index (χ3v) is 4.83. The minimum atomic E-state index is 0.323. The van der Waals surface area contributed by atoms with Crippen LogP contribution in [-0.2, 0) is 4.74 Å². The van der Waals surface area contributed by atoms with Crippen molar-refractivity contribution >= 4 is 0 Å². The fourth-order valence-electron chi connectivity index (χ4n) is 3.50. The van der Waals surface area contributed by atoms with E-state index in [4.69, 9.17) is 4.74 Å². The van der Waals surface area contributed by atoms with E-state index in [0.717, 1.165) is 25.8 Å². The molecule has 0 aromatic carbocycles. The lowest BCUT2D eigenvalue weighted by molar-refractivity contribution is -0.0244. The largest absolute Gasteiger partial charge is 0.381 e. The van der Waals surface area contributed by atoms with Crippen molar-refractivity contribution in [3.63, 3.8) is 0 Å². The highest BCUT2D eigenvalue weighted by Gasteiger charge is 2.37. The van der Waals surface area contributed by atoms with Gasteiger partial charge in [0.2, 0.25) is 0 Å². The number of rotatable bonds is 6. The number of nitrogens with zero attached hydrogens (tertiary/aromatic N) is 2. The van der Waals surface area contributed by atoms with Crippen LogP contribution in [0.1, 0.15) is 33.1 Å². The number of nitrogens with one attached hydrogen (secondary N) is 1. The summed E-state index contributed by atoms with van der Waals surface area (Å²) < 4.78 is 5.83. The molecule has 4 nitrogen and oxygen atoms in total. The highest BCUT2D eigenvalue weighted by atomic mass is 16.5. The molecule has 0 aromatic rings. The maximum atomic E-state index is 5.83. The molecule has 2 unspecified atom stereocenters. The second-order valence-electron chi connectivity index (χ2n) is 7.33. The van der Waals surface area contributed by atoms with E-state index in [9.17, 15) is 0 Å². The van der Waals surface area contributed by atoms with Crippen LogP contribution in [0.15, 0.2) is 0 Å². The molecule has 2 aliphatic rings. The summed E-state index contributed by atoms with van der Waals surface area (Å²) in [6.07, 6.45) is 3.82. The van der Waals surface area contributed by atoms with E-state index < -0.39 is 0 Å². The van der Waals surface area contributed by atoms with Gasteiger partial charge in [0.15, 0.2) is 0 Å². The standard InChI is InChI=1S/C16H33N3O/c1-14(2)17-11-16(7-5-9-20-13-16)12-19-8-6-15(10-19)18(3)4/h14-15,17H,5-13H2,1-4H3. The van der Waals surface area contributed by atoms with Gasteiger partial charge in [-0.25, -0.2) is 0 Å². The van der Waals surface area contributed by atoms with E-state index in [1.54, 1.807) is 0 Å². The maximum absolute atomic E-state index is 5.83. The van der Waals surface area contributed by atoms with Crippen molar-refractivity contribution in [3.05, 3.63) is 0 Å². The zero-order valence-corrected chi connectivity index (χ0v) is 13.8. The summed E-state index contributed by atoms with van der Waals surface area (Å²) in [4.78, 5) is 5.03. The normalized spacial score (nSPS) is 32.4. The van der Waals surface area contributed by atoms with Crippen molar-refractivity contribution in [2.75, 3.05) is 53.5 Å². The van der Waals surface area contributed by atoms with E-state index in [0.29, 0.717) is 11.5 Å². The second kappa shape index (κ2) is 7.21. The number of ether oxygens (including phenoxy) is 1. The molecule has 0 radical (unpaired) electrons. The summed E-state index contributed by atoms with van der Waals surface area (Å²) >= 11 is 0. The van der Waals surface area contributed by atoms with Crippen molar-refractivity contribution in [2.45, 2.75) is 45.2 Å². The molecule has 2 rings (SSSR count). The minimum Gasteiger partial charge on any atom is -0.381 e. The van der Waals surface area contributed by atoms with Crippen LogP contribution < -0.4 is 5.32 Å². The van der Waals surface area contributed by atoms with Gasteiger partial charge in [-0.1, -0.05) is 13.8 Å². The number of likely N-dealkylation sites (N-methyl/N-ethyl adjacent to an activating group) is 1. The number of hydrogen-bond donors (Lipinski definition) is 1. The molecule has 0 aromatic heterocycles. The van der Waals surface area contributed by atoms with Crippen molar-refractivity contribution in [3.8, 4) is 0 Å². The van der Waals surface area contributed by atoms with Crippen LogP contribution in [-0.4, -0.2) is 75.4 Å². The van der Waals surface area contributed by atoms with Gasteiger partial charge in [-0.15, -0.1) is 0 Å². The third-order valence-electron chi connectivity index (χ3n) is 4.83. The van der Waals surface area contributed by atoms with E-state index in [1.165, 1.54) is 38.9 Å². The smallest absolute Gasteiger partial charge is 0.0546 e. The van der Waals surface area contributed by atoms with Crippen LogP contribution in [0.5, 0.6) is 0 Å². The molecule has 0 amide bonds.